The molecule has 0 radical (unpaired) electrons. The zero-order valence-electron chi connectivity index (χ0n) is 13.1. The first kappa shape index (κ1) is 17.8. The Balaban J connectivity index is 0.000000741. The molecule has 1 heterocycles. The molecule has 0 aliphatic carbocycles. The van der Waals surface area contributed by atoms with Crippen LogP contribution in [0.5, 0.6) is 0 Å². The summed E-state index contributed by atoms with van der Waals surface area (Å²) in [7, 11) is 0. The van der Waals surface area contributed by atoms with Crippen LogP contribution in [0.15, 0.2) is 30.3 Å². The molecule has 2 unspecified atom stereocenters. The predicted molar refractivity (Wildman–Crippen MR) is 83.3 cm³/mol. The molecule has 1 aromatic rings. The van der Waals surface area contributed by atoms with Crippen LogP contribution in [0.25, 0.3) is 0 Å². The van der Waals surface area contributed by atoms with Crippen molar-refractivity contribution in [1.29, 1.82) is 0 Å². The third-order valence-electron chi connectivity index (χ3n) is 3.09. The molecule has 0 bridgehead atoms. The molecule has 2 nitrogen and oxygen atoms in total. The van der Waals surface area contributed by atoms with Crippen LogP contribution in [-0.2, 0) is 4.79 Å². The van der Waals surface area contributed by atoms with Crippen LogP contribution in [-0.4, -0.2) is 11.8 Å². The van der Waals surface area contributed by atoms with E-state index in [-0.39, 0.29) is 6.04 Å². The molecule has 2 rings (SSSR count). The van der Waals surface area contributed by atoms with Crippen molar-refractivity contribution in [2.24, 2.45) is 0 Å². The van der Waals surface area contributed by atoms with E-state index >= 15 is 0 Å². The number of benzene rings is 1. The summed E-state index contributed by atoms with van der Waals surface area (Å²) in [5, 5.41) is 3.41. The van der Waals surface area contributed by atoms with Gasteiger partial charge in [0.25, 0.3) is 0 Å². The second-order valence-electron chi connectivity index (χ2n) is 4.08. The van der Waals surface area contributed by atoms with Crippen molar-refractivity contribution in [3.63, 3.8) is 0 Å². The molecule has 19 heavy (non-hydrogen) atoms. The van der Waals surface area contributed by atoms with Gasteiger partial charge in [-0.05, 0) is 18.4 Å². The molecule has 2 atom stereocenters. The van der Waals surface area contributed by atoms with Gasteiger partial charge in [0, 0.05) is 12.5 Å². The molecule has 1 aliphatic rings. The minimum absolute atomic E-state index is 0.0835. The van der Waals surface area contributed by atoms with Crippen molar-refractivity contribution in [3.8, 4) is 0 Å². The summed E-state index contributed by atoms with van der Waals surface area (Å²) < 4.78 is 0. The second-order valence-corrected chi connectivity index (χ2v) is 4.08. The number of ketones is 1. The quantitative estimate of drug-likeness (QED) is 0.869. The lowest BCUT2D eigenvalue weighted by Gasteiger charge is -2.13. The molecule has 0 amide bonds. The standard InChI is InChI=1S/C13H17NO.2C2H6/c1-2-13(15)12-9-8-11(14-12)10-6-4-3-5-7-10;2*1-2/h3-7,11-12,14H,2,8-9H2,1H3;2*1-2H3. The second kappa shape index (κ2) is 10.7. The van der Waals surface area contributed by atoms with Crippen LogP contribution in [0.4, 0.5) is 0 Å². The Morgan fingerprint density at radius 1 is 1.11 bits per heavy atom. The number of carbonyl (C=O) groups is 1. The van der Waals surface area contributed by atoms with Crippen molar-refractivity contribution in [2.75, 3.05) is 0 Å². The lowest BCUT2D eigenvalue weighted by atomic mass is 10.1. The first-order chi connectivity index (χ1) is 9.31. The maximum absolute atomic E-state index is 11.5. The molecule has 1 fully saturated rings. The van der Waals surface area contributed by atoms with Crippen molar-refractivity contribution in [3.05, 3.63) is 35.9 Å². The Morgan fingerprint density at radius 3 is 2.21 bits per heavy atom. The Morgan fingerprint density at radius 2 is 1.68 bits per heavy atom. The summed E-state index contributed by atoms with van der Waals surface area (Å²) in [5.74, 6) is 0.341. The molecule has 1 N–H and O–H groups in total. The van der Waals surface area contributed by atoms with Gasteiger partial charge in [-0.25, -0.2) is 0 Å². The maximum atomic E-state index is 11.5. The summed E-state index contributed by atoms with van der Waals surface area (Å²) in [6, 6.07) is 10.8. The predicted octanol–water partition coefficient (Wildman–Crippen LogP) is 4.51. The van der Waals surface area contributed by atoms with E-state index in [1.54, 1.807) is 0 Å². The van der Waals surface area contributed by atoms with Crippen molar-refractivity contribution in [1.82, 2.24) is 5.32 Å². The minimum atomic E-state index is 0.0835. The maximum Gasteiger partial charge on any atom is 0.149 e. The van der Waals surface area contributed by atoms with Gasteiger partial charge in [-0.3, -0.25) is 4.79 Å². The van der Waals surface area contributed by atoms with Gasteiger partial charge in [0.1, 0.15) is 5.78 Å². The van der Waals surface area contributed by atoms with Crippen LogP contribution in [0, 0.1) is 0 Å². The van der Waals surface area contributed by atoms with Gasteiger partial charge in [0.2, 0.25) is 0 Å². The van der Waals surface area contributed by atoms with E-state index < -0.39 is 0 Å². The normalized spacial score (nSPS) is 20.7. The third-order valence-corrected chi connectivity index (χ3v) is 3.09. The highest BCUT2D eigenvalue weighted by Crippen LogP contribution is 2.26. The van der Waals surface area contributed by atoms with Gasteiger partial charge in [-0.1, -0.05) is 65.0 Å². The van der Waals surface area contributed by atoms with Crippen LogP contribution in [0.3, 0.4) is 0 Å². The SMILES string of the molecule is CC.CC.CCC(=O)C1CCC(c2ccccc2)N1. The first-order valence-corrected chi connectivity index (χ1v) is 7.65. The number of carbonyl (C=O) groups excluding carboxylic acids is 1. The van der Waals surface area contributed by atoms with E-state index in [2.05, 4.69) is 17.4 Å². The van der Waals surface area contributed by atoms with Crippen LogP contribution in [0.2, 0.25) is 0 Å². The summed E-state index contributed by atoms with van der Waals surface area (Å²) in [5.41, 5.74) is 1.30. The molecular formula is C17H29NO. The Hall–Kier alpha value is -1.15. The van der Waals surface area contributed by atoms with Crippen LogP contribution in [0.1, 0.15) is 65.5 Å². The number of nitrogens with one attached hydrogen (secondary N) is 1. The van der Waals surface area contributed by atoms with Gasteiger partial charge >= 0.3 is 0 Å². The largest absolute Gasteiger partial charge is 0.301 e. The zero-order chi connectivity index (χ0) is 14.7. The molecule has 2 heteroatoms. The lowest BCUT2D eigenvalue weighted by Crippen LogP contribution is -2.31. The fourth-order valence-corrected chi connectivity index (χ4v) is 2.19. The highest BCUT2D eigenvalue weighted by Gasteiger charge is 2.28. The van der Waals surface area contributed by atoms with Crippen molar-refractivity contribution < 1.29 is 4.79 Å². The summed E-state index contributed by atoms with van der Waals surface area (Å²) in [6.07, 6.45) is 2.69. The topological polar surface area (TPSA) is 29.1 Å². The Bertz CT molecular complexity index is 334. The number of hydrogen-bond donors (Lipinski definition) is 1. The minimum Gasteiger partial charge on any atom is -0.301 e. The van der Waals surface area contributed by atoms with E-state index in [1.807, 2.05) is 52.8 Å². The first-order valence-electron chi connectivity index (χ1n) is 7.65. The molecular weight excluding hydrogens is 234 g/mol. The summed E-state index contributed by atoms with van der Waals surface area (Å²) in [6.45, 7) is 9.93. The van der Waals surface area contributed by atoms with E-state index in [0.29, 0.717) is 18.2 Å². The van der Waals surface area contributed by atoms with Crippen molar-refractivity contribution in [2.45, 2.75) is 66.0 Å². The monoisotopic (exact) mass is 263 g/mol. The smallest absolute Gasteiger partial charge is 0.149 e. The number of hydrogen-bond acceptors (Lipinski definition) is 2. The number of Topliss-reactive ketones (excluding diaryl/α,β-unsaturated/α-hetero) is 1. The summed E-state index contributed by atoms with van der Waals surface area (Å²) in [4.78, 5) is 11.5. The molecule has 1 aromatic carbocycles. The molecule has 0 saturated carbocycles. The highest BCUT2D eigenvalue weighted by atomic mass is 16.1. The molecule has 1 aliphatic heterocycles. The van der Waals surface area contributed by atoms with Crippen LogP contribution < -0.4 is 5.32 Å². The molecule has 0 aromatic heterocycles. The van der Waals surface area contributed by atoms with Crippen molar-refractivity contribution >= 4 is 5.78 Å². The van der Waals surface area contributed by atoms with E-state index in [4.69, 9.17) is 0 Å². The van der Waals surface area contributed by atoms with Gasteiger partial charge in [-0.2, -0.15) is 0 Å². The summed E-state index contributed by atoms with van der Waals surface area (Å²) >= 11 is 0. The van der Waals surface area contributed by atoms with Gasteiger partial charge in [0.05, 0.1) is 6.04 Å². The molecule has 1 saturated heterocycles. The Kier molecular flexibility index (Phi) is 10.1. The zero-order valence-corrected chi connectivity index (χ0v) is 13.1. The Labute approximate surface area is 118 Å². The van der Waals surface area contributed by atoms with Gasteiger partial charge in [-0.15, -0.1) is 0 Å². The average molecular weight is 263 g/mol. The van der Waals surface area contributed by atoms with E-state index in [1.165, 1.54) is 5.56 Å². The third kappa shape index (κ3) is 5.56. The fourth-order valence-electron chi connectivity index (χ4n) is 2.19. The highest BCUT2D eigenvalue weighted by molar-refractivity contribution is 5.84. The van der Waals surface area contributed by atoms with E-state index in [0.717, 1.165) is 12.8 Å². The number of rotatable bonds is 3. The van der Waals surface area contributed by atoms with Gasteiger partial charge < -0.3 is 5.32 Å². The van der Waals surface area contributed by atoms with Crippen LogP contribution >= 0.6 is 0 Å². The molecule has 108 valence electrons. The fraction of sp³-hybridized carbons (Fsp3) is 0.588. The van der Waals surface area contributed by atoms with Gasteiger partial charge in [0.15, 0.2) is 0 Å². The molecule has 0 spiro atoms. The van der Waals surface area contributed by atoms with E-state index in [9.17, 15) is 4.79 Å². The lowest BCUT2D eigenvalue weighted by molar-refractivity contribution is -0.120. The average Bonchev–Trinajstić information content (AvgIpc) is 3.01.